The van der Waals surface area contributed by atoms with Gasteiger partial charge >= 0.3 is 0 Å². The Balaban J connectivity index is 1.23. The zero-order chi connectivity index (χ0) is 20.9. The van der Waals surface area contributed by atoms with Gasteiger partial charge in [0.1, 0.15) is 10.2 Å². The molecular weight excluding hydrogens is 444 g/mol. The molecule has 1 aromatic rings. The van der Waals surface area contributed by atoms with Crippen LogP contribution in [0.3, 0.4) is 0 Å². The maximum Gasteiger partial charge on any atom is 0.272 e. The van der Waals surface area contributed by atoms with Crippen molar-refractivity contribution in [1.82, 2.24) is 16.2 Å². The number of nitrogens with one attached hydrogen (secondary N) is 3. The van der Waals surface area contributed by atoms with Crippen LogP contribution in [0.1, 0.15) is 23.8 Å². The van der Waals surface area contributed by atoms with Crippen LogP contribution in [-0.4, -0.2) is 66.0 Å². The van der Waals surface area contributed by atoms with Crippen LogP contribution in [0.2, 0.25) is 0 Å². The quantitative estimate of drug-likeness (QED) is 0.465. The van der Waals surface area contributed by atoms with Gasteiger partial charge in [0.25, 0.3) is 5.37 Å². The SMILES string of the molecule is COc1ccc(C2SCC(CSC3NNC(NCC4CCCO4)S3)[N+]2=O)cc1OC. The van der Waals surface area contributed by atoms with Crippen LogP contribution in [0.4, 0.5) is 0 Å². The molecule has 3 N–H and O–H groups in total. The fourth-order valence-corrected chi connectivity index (χ4v) is 7.55. The summed E-state index contributed by atoms with van der Waals surface area (Å²) in [5.41, 5.74) is 7.70. The molecule has 0 aliphatic carbocycles. The lowest BCUT2D eigenvalue weighted by Gasteiger charge is -2.15. The van der Waals surface area contributed by atoms with Crippen molar-refractivity contribution >= 4 is 35.3 Å². The van der Waals surface area contributed by atoms with Gasteiger partial charge in [0.05, 0.1) is 31.8 Å². The summed E-state index contributed by atoms with van der Waals surface area (Å²) in [6.07, 6.45) is 2.62. The van der Waals surface area contributed by atoms with E-state index in [-0.39, 0.29) is 21.6 Å². The number of hydrogen-bond donors (Lipinski definition) is 3. The molecule has 3 fully saturated rings. The number of methoxy groups -OCH3 is 2. The van der Waals surface area contributed by atoms with Gasteiger partial charge in [0, 0.05) is 28.4 Å². The van der Waals surface area contributed by atoms with Crippen molar-refractivity contribution in [2.45, 2.75) is 40.6 Å². The van der Waals surface area contributed by atoms with Gasteiger partial charge in [-0.2, -0.15) is 0 Å². The lowest BCUT2D eigenvalue weighted by atomic mass is 10.2. The Morgan fingerprint density at radius 1 is 1.30 bits per heavy atom. The predicted octanol–water partition coefficient (Wildman–Crippen LogP) is 2.51. The Bertz CT molecular complexity index is 738. The molecule has 0 radical (unpaired) electrons. The first-order valence-corrected chi connectivity index (χ1v) is 13.1. The Hall–Kier alpha value is -0.690. The molecular formula is C19H29N4O4S3+. The molecule has 0 spiro atoms. The third-order valence-electron chi connectivity index (χ3n) is 5.32. The van der Waals surface area contributed by atoms with Crippen molar-refractivity contribution in [3.8, 4) is 11.5 Å². The largest absolute Gasteiger partial charge is 0.493 e. The third kappa shape index (κ3) is 5.37. The summed E-state index contributed by atoms with van der Waals surface area (Å²) in [4.78, 5) is 12.9. The Labute approximate surface area is 189 Å². The fourth-order valence-electron chi connectivity index (χ4n) is 3.67. The molecule has 0 bridgehead atoms. The van der Waals surface area contributed by atoms with E-state index in [9.17, 15) is 4.91 Å². The molecule has 3 aliphatic rings. The molecule has 1 aromatic carbocycles. The second-order valence-corrected chi connectivity index (χ2v) is 11.1. The van der Waals surface area contributed by atoms with Crippen molar-refractivity contribution in [3.63, 3.8) is 0 Å². The molecule has 5 unspecified atom stereocenters. The second kappa shape index (κ2) is 10.8. The van der Waals surface area contributed by atoms with E-state index in [1.54, 1.807) is 49.5 Å². The first kappa shape index (κ1) is 22.5. The minimum atomic E-state index is -0.210. The van der Waals surface area contributed by atoms with Crippen LogP contribution in [-0.2, 0) is 4.74 Å². The highest BCUT2D eigenvalue weighted by Crippen LogP contribution is 2.42. The maximum atomic E-state index is 12.9. The summed E-state index contributed by atoms with van der Waals surface area (Å²) < 4.78 is 17.8. The molecule has 3 saturated heterocycles. The maximum absolute atomic E-state index is 12.9. The van der Waals surface area contributed by atoms with E-state index < -0.39 is 0 Å². The number of hydrogen-bond acceptors (Lipinski definition) is 10. The number of hydrazine groups is 1. The summed E-state index contributed by atoms with van der Waals surface area (Å²) in [5, 5.41) is 3.28. The second-order valence-electron chi connectivity index (χ2n) is 7.33. The topological polar surface area (TPSA) is 83.9 Å². The average Bonchev–Trinajstić information content (AvgIpc) is 3.52. The zero-order valence-corrected chi connectivity index (χ0v) is 19.6. The van der Waals surface area contributed by atoms with Gasteiger partial charge in [0.15, 0.2) is 11.5 Å². The molecule has 4 rings (SSSR count). The van der Waals surface area contributed by atoms with Gasteiger partial charge in [-0.1, -0.05) is 23.5 Å². The molecule has 3 aliphatic heterocycles. The van der Waals surface area contributed by atoms with Gasteiger partial charge in [-0.25, -0.2) is 10.9 Å². The van der Waals surface area contributed by atoms with Crippen molar-refractivity contribution in [3.05, 3.63) is 28.7 Å². The lowest BCUT2D eigenvalue weighted by molar-refractivity contribution is -0.587. The molecule has 166 valence electrons. The number of thioether (sulfide) groups is 3. The van der Waals surface area contributed by atoms with Crippen LogP contribution < -0.4 is 25.6 Å². The summed E-state index contributed by atoms with van der Waals surface area (Å²) in [7, 11) is 3.22. The molecule has 11 heteroatoms. The molecule has 3 heterocycles. The average molecular weight is 474 g/mol. The minimum absolute atomic E-state index is 0.0144. The Morgan fingerprint density at radius 2 is 2.17 bits per heavy atom. The number of nitroso groups, excluding NO2 is 1. The summed E-state index contributed by atoms with van der Waals surface area (Å²) >= 11 is 5.26. The van der Waals surface area contributed by atoms with E-state index in [1.165, 1.54) is 4.76 Å². The van der Waals surface area contributed by atoms with Crippen molar-refractivity contribution < 1.29 is 19.0 Å². The summed E-state index contributed by atoms with van der Waals surface area (Å²) in [6.45, 7) is 1.74. The van der Waals surface area contributed by atoms with Crippen LogP contribution in [0, 0.1) is 4.91 Å². The number of rotatable bonds is 9. The monoisotopic (exact) mass is 473 g/mol. The van der Waals surface area contributed by atoms with E-state index in [0.717, 1.165) is 43.1 Å². The molecule has 5 atom stereocenters. The Kier molecular flexibility index (Phi) is 8.07. The Morgan fingerprint density at radius 3 is 2.93 bits per heavy atom. The molecule has 30 heavy (non-hydrogen) atoms. The number of nitrogens with zero attached hydrogens (tertiary/aromatic N) is 1. The van der Waals surface area contributed by atoms with Crippen LogP contribution >= 0.6 is 35.3 Å². The van der Waals surface area contributed by atoms with Crippen molar-refractivity contribution in [2.75, 3.05) is 38.9 Å². The summed E-state index contributed by atoms with van der Waals surface area (Å²) in [5.74, 6) is 2.93. The van der Waals surface area contributed by atoms with E-state index in [2.05, 4.69) is 16.2 Å². The zero-order valence-electron chi connectivity index (χ0n) is 17.2. The van der Waals surface area contributed by atoms with E-state index in [0.29, 0.717) is 17.6 Å². The normalized spacial score (nSPS) is 31.4. The summed E-state index contributed by atoms with van der Waals surface area (Å²) in [6, 6.07) is 5.69. The predicted molar refractivity (Wildman–Crippen MR) is 123 cm³/mol. The van der Waals surface area contributed by atoms with Gasteiger partial charge in [-0.05, 0) is 31.0 Å². The van der Waals surface area contributed by atoms with Gasteiger partial charge in [0.2, 0.25) is 6.04 Å². The van der Waals surface area contributed by atoms with Gasteiger partial charge < -0.3 is 14.2 Å². The fraction of sp³-hybridized carbons (Fsp3) is 0.684. The molecule has 8 nitrogen and oxygen atoms in total. The van der Waals surface area contributed by atoms with Crippen molar-refractivity contribution in [1.29, 1.82) is 0 Å². The van der Waals surface area contributed by atoms with E-state index >= 15 is 0 Å². The van der Waals surface area contributed by atoms with E-state index in [1.807, 2.05) is 18.2 Å². The molecule has 0 aromatic heterocycles. The third-order valence-corrected chi connectivity index (χ3v) is 9.35. The lowest BCUT2D eigenvalue weighted by Crippen LogP contribution is -2.43. The highest BCUT2D eigenvalue weighted by Gasteiger charge is 2.44. The first-order valence-electron chi connectivity index (χ1n) is 10.1. The van der Waals surface area contributed by atoms with Crippen LogP contribution in [0.25, 0.3) is 0 Å². The van der Waals surface area contributed by atoms with Crippen molar-refractivity contribution in [2.24, 2.45) is 0 Å². The number of benzene rings is 1. The number of ether oxygens (including phenoxy) is 3. The highest BCUT2D eigenvalue weighted by molar-refractivity contribution is 8.17. The van der Waals surface area contributed by atoms with Gasteiger partial charge in [-0.15, -0.1) is 11.8 Å². The minimum Gasteiger partial charge on any atom is -0.493 e. The standard InChI is InChI=1S/C19H29N4O4S3/c1-25-15-6-5-12(8-16(15)26-2)17-23(24)13(10-28-17)11-29-19-22-21-18(30-19)20-9-14-4-3-7-27-14/h5-6,8,13-14,17-22H,3-4,7,9-11H2,1-2H3/q+1. The van der Waals surface area contributed by atoms with Crippen LogP contribution in [0.5, 0.6) is 11.5 Å². The van der Waals surface area contributed by atoms with Gasteiger partial charge in [-0.3, -0.25) is 5.32 Å². The van der Waals surface area contributed by atoms with Crippen LogP contribution in [0.15, 0.2) is 18.2 Å². The molecule has 0 saturated carbocycles. The van der Waals surface area contributed by atoms with E-state index in [4.69, 9.17) is 14.2 Å². The smallest absolute Gasteiger partial charge is 0.272 e. The highest BCUT2D eigenvalue weighted by atomic mass is 32.2. The molecule has 0 amide bonds. The first-order chi connectivity index (χ1) is 14.7.